The van der Waals surface area contributed by atoms with E-state index in [1.165, 1.54) is 6.26 Å². The van der Waals surface area contributed by atoms with Crippen LogP contribution < -0.4 is 0 Å². The van der Waals surface area contributed by atoms with Gasteiger partial charge in [0.2, 0.25) is 10.0 Å². The number of rotatable bonds is 3. The minimum atomic E-state index is -3.18. The summed E-state index contributed by atoms with van der Waals surface area (Å²) < 4.78 is 27.2. The largest absolute Gasteiger partial charge is 0.297 e. The van der Waals surface area contributed by atoms with Gasteiger partial charge in [-0.15, -0.1) is 0 Å². The summed E-state index contributed by atoms with van der Waals surface area (Å²) in [6.07, 6.45) is 6.64. The van der Waals surface area contributed by atoms with Crippen LogP contribution in [0.2, 0.25) is 5.02 Å². The van der Waals surface area contributed by atoms with Gasteiger partial charge >= 0.3 is 0 Å². The number of halogens is 1. The molecule has 4 heterocycles. The van der Waals surface area contributed by atoms with Crippen molar-refractivity contribution in [3.8, 4) is 11.4 Å². The molecule has 0 bridgehead atoms. The van der Waals surface area contributed by atoms with Crippen molar-refractivity contribution >= 4 is 27.3 Å². The average Bonchev–Trinajstić information content (AvgIpc) is 3.04. The topological polar surface area (TPSA) is 67.6 Å². The third-order valence-corrected chi connectivity index (χ3v) is 6.27. The molecule has 1 saturated heterocycles. The van der Waals surface area contributed by atoms with Crippen molar-refractivity contribution in [1.82, 2.24) is 18.7 Å². The fraction of sp³-hybridized carbons (Fsp3) is 0.333. The Kier molecular flexibility index (Phi) is 4.46. The number of aromatic nitrogens is 3. The molecule has 1 unspecified atom stereocenters. The number of piperidine rings is 1. The summed E-state index contributed by atoms with van der Waals surface area (Å²) in [4.78, 5) is 9.21. The van der Waals surface area contributed by atoms with E-state index < -0.39 is 10.0 Å². The molecule has 1 fully saturated rings. The maximum Gasteiger partial charge on any atom is 0.211 e. The first-order valence-electron chi connectivity index (χ1n) is 8.47. The van der Waals surface area contributed by atoms with Crippen LogP contribution in [0, 0.1) is 0 Å². The molecule has 136 valence electrons. The van der Waals surface area contributed by atoms with Crippen molar-refractivity contribution in [1.29, 1.82) is 0 Å². The first kappa shape index (κ1) is 17.5. The highest BCUT2D eigenvalue weighted by Crippen LogP contribution is 2.29. The average molecular weight is 391 g/mol. The van der Waals surface area contributed by atoms with E-state index in [2.05, 4.69) is 4.98 Å². The third kappa shape index (κ3) is 3.34. The molecule has 4 rings (SSSR count). The third-order valence-electron chi connectivity index (χ3n) is 4.77. The highest BCUT2D eigenvalue weighted by atomic mass is 35.5. The van der Waals surface area contributed by atoms with Crippen LogP contribution in [-0.2, 0) is 10.0 Å². The van der Waals surface area contributed by atoms with Gasteiger partial charge in [-0.3, -0.25) is 9.38 Å². The van der Waals surface area contributed by atoms with E-state index in [0.29, 0.717) is 18.1 Å². The number of pyridine rings is 2. The Hall–Kier alpha value is -1.96. The van der Waals surface area contributed by atoms with Gasteiger partial charge in [0.05, 0.1) is 28.9 Å². The summed E-state index contributed by atoms with van der Waals surface area (Å²) in [7, 11) is -3.18. The summed E-state index contributed by atoms with van der Waals surface area (Å²) in [6.45, 7) is 1.06. The van der Waals surface area contributed by atoms with Gasteiger partial charge in [0.15, 0.2) is 0 Å². The standard InChI is InChI=1S/C18H19ClN4O2S/c1-26(24,25)22-9-3-4-13(11-22)15-5-2-6-16(21-15)17-10-20-18-8-7-14(19)12-23(17)18/h2,5-8,10,12-13H,3-4,9,11H2,1H3. The zero-order valence-corrected chi connectivity index (χ0v) is 15.9. The number of sulfonamides is 1. The lowest BCUT2D eigenvalue weighted by atomic mass is 9.95. The van der Waals surface area contributed by atoms with E-state index in [4.69, 9.17) is 16.6 Å². The molecule has 3 aromatic heterocycles. The van der Waals surface area contributed by atoms with Crippen molar-refractivity contribution in [2.24, 2.45) is 0 Å². The lowest BCUT2D eigenvalue weighted by Crippen LogP contribution is -2.38. The van der Waals surface area contributed by atoms with Crippen LogP contribution in [0.4, 0.5) is 0 Å². The van der Waals surface area contributed by atoms with Crippen molar-refractivity contribution in [2.75, 3.05) is 19.3 Å². The lowest BCUT2D eigenvalue weighted by Gasteiger charge is -2.30. The Bertz CT molecular complexity index is 1060. The molecule has 0 spiro atoms. The maximum absolute atomic E-state index is 11.9. The van der Waals surface area contributed by atoms with Gasteiger partial charge in [0, 0.05) is 30.9 Å². The van der Waals surface area contributed by atoms with Gasteiger partial charge in [-0.1, -0.05) is 17.7 Å². The van der Waals surface area contributed by atoms with E-state index in [-0.39, 0.29) is 5.92 Å². The molecule has 1 aliphatic rings. The number of imidazole rings is 1. The Morgan fingerprint density at radius 3 is 2.88 bits per heavy atom. The van der Waals surface area contributed by atoms with Gasteiger partial charge in [0.25, 0.3) is 0 Å². The fourth-order valence-electron chi connectivity index (χ4n) is 3.45. The van der Waals surface area contributed by atoms with Gasteiger partial charge in [-0.25, -0.2) is 17.7 Å². The number of hydrogen-bond acceptors (Lipinski definition) is 4. The van der Waals surface area contributed by atoms with Gasteiger partial charge in [0.1, 0.15) is 5.65 Å². The van der Waals surface area contributed by atoms with Crippen LogP contribution in [0.3, 0.4) is 0 Å². The predicted octanol–water partition coefficient (Wildman–Crippen LogP) is 3.19. The Morgan fingerprint density at radius 1 is 1.23 bits per heavy atom. The zero-order chi connectivity index (χ0) is 18.3. The normalized spacial score (nSPS) is 19.1. The molecule has 0 amide bonds. The molecule has 26 heavy (non-hydrogen) atoms. The SMILES string of the molecule is CS(=O)(=O)N1CCCC(c2cccc(-c3cnc4ccc(Cl)cn34)n2)C1. The first-order chi connectivity index (χ1) is 12.4. The van der Waals surface area contributed by atoms with Crippen molar-refractivity contribution < 1.29 is 8.42 Å². The molecule has 1 aliphatic heterocycles. The van der Waals surface area contributed by atoms with Crippen LogP contribution in [0.1, 0.15) is 24.5 Å². The van der Waals surface area contributed by atoms with Crippen LogP contribution in [0.25, 0.3) is 17.0 Å². The fourth-order valence-corrected chi connectivity index (χ4v) is 4.52. The maximum atomic E-state index is 11.9. The van der Waals surface area contributed by atoms with E-state index in [9.17, 15) is 8.42 Å². The summed E-state index contributed by atoms with van der Waals surface area (Å²) in [6, 6.07) is 9.53. The zero-order valence-electron chi connectivity index (χ0n) is 14.3. The molecule has 0 radical (unpaired) electrons. The molecule has 3 aromatic rings. The van der Waals surface area contributed by atoms with Crippen LogP contribution in [-0.4, -0.2) is 46.4 Å². The lowest BCUT2D eigenvalue weighted by molar-refractivity contribution is 0.314. The highest BCUT2D eigenvalue weighted by molar-refractivity contribution is 7.88. The highest BCUT2D eigenvalue weighted by Gasteiger charge is 2.27. The minimum Gasteiger partial charge on any atom is -0.297 e. The molecule has 0 N–H and O–H groups in total. The van der Waals surface area contributed by atoms with Crippen LogP contribution in [0.5, 0.6) is 0 Å². The molecule has 1 atom stereocenters. The van der Waals surface area contributed by atoms with Crippen LogP contribution >= 0.6 is 11.6 Å². The van der Waals surface area contributed by atoms with Gasteiger partial charge < -0.3 is 0 Å². The van der Waals surface area contributed by atoms with E-state index in [0.717, 1.165) is 35.6 Å². The van der Waals surface area contributed by atoms with Crippen molar-refractivity contribution in [3.63, 3.8) is 0 Å². The van der Waals surface area contributed by atoms with E-state index in [1.807, 2.05) is 34.9 Å². The Labute approximate surface area is 157 Å². The van der Waals surface area contributed by atoms with E-state index >= 15 is 0 Å². The van der Waals surface area contributed by atoms with E-state index in [1.54, 1.807) is 16.6 Å². The first-order valence-corrected chi connectivity index (χ1v) is 10.7. The molecule has 8 heteroatoms. The smallest absolute Gasteiger partial charge is 0.211 e. The molecular weight excluding hydrogens is 372 g/mol. The summed E-state index contributed by atoms with van der Waals surface area (Å²) in [5.41, 5.74) is 3.37. The molecule has 6 nitrogen and oxygen atoms in total. The predicted molar refractivity (Wildman–Crippen MR) is 102 cm³/mol. The number of fused-ring (bicyclic) bond motifs is 1. The number of hydrogen-bond donors (Lipinski definition) is 0. The quantitative estimate of drug-likeness (QED) is 0.688. The second-order valence-electron chi connectivity index (χ2n) is 6.63. The summed E-state index contributed by atoms with van der Waals surface area (Å²) >= 11 is 6.12. The van der Waals surface area contributed by atoms with Gasteiger partial charge in [-0.2, -0.15) is 0 Å². The second-order valence-corrected chi connectivity index (χ2v) is 9.05. The molecule has 0 aromatic carbocycles. The Balaban J connectivity index is 1.69. The summed E-state index contributed by atoms with van der Waals surface area (Å²) in [5, 5.41) is 0.629. The molecule has 0 aliphatic carbocycles. The van der Waals surface area contributed by atoms with Crippen molar-refractivity contribution in [2.45, 2.75) is 18.8 Å². The molecular formula is C18H19ClN4O2S. The second kappa shape index (κ2) is 6.64. The summed E-state index contributed by atoms with van der Waals surface area (Å²) in [5.74, 6) is 0.0983. The van der Waals surface area contributed by atoms with Crippen molar-refractivity contribution in [3.05, 3.63) is 53.4 Å². The molecule has 0 saturated carbocycles. The number of nitrogens with zero attached hydrogens (tertiary/aromatic N) is 4. The Morgan fingerprint density at radius 2 is 2.08 bits per heavy atom. The van der Waals surface area contributed by atoms with Crippen LogP contribution in [0.15, 0.2) is 42.7 Å². The monoisotopic (exact) mass is 390 g/mol. The van der Waals surface area contributed by atoms with Gasteiger partial charge in [-0.05, 0) is 37.1 Å². The minimum absolute atomic E-state index is 0.0983.